The number of fused-ring (bicyclic) bond motifs is 4. The van der Waals surface area contributed by atoms with Gasteiger partial charge in [-0.2, -0.15) is 0 Å². The van der Waals surface area contributed by atoms with Gasteiger partial charge in [0.05, 0.1) is 5.69 Å². The summed E-state index contributed by atoms with van der Waals surface area (Å²) in [6.45, 7) is 0. The van der Waals surface area contributed by atoms with Crippen molar-refractivity contribution in [2.45, 2.75) is 0 Å². The van der Waals surface area contributed by atoms with Crippen LogP contribution in [0.15, 0.2) is 218 Å². The highest BCUT2D eigenvalue weighted by molar-refractivity contribution is 6.24. The van der Waals surface area contributed by atoms with E-state index in [1.807, 2.05) is 0 Å². The number of ether oxygens (including phenoxy) is 1. The number of benzene rings is 10. The molecule has 268 valence electrons. The van der Waals surface area contributed by atoms with Gasteiger partial charge in [0.1, 0.15) is 11.5 Å². The lowest BCUT2D eigenvalue weighted by Gasteiger charge is -2.30. The van der Waals surface area contributed by atoms with Crippen molar-refractivity contribution in [2.75, 3.05) is 9.80 Å². The number of nitrogens with zero attached hydrogens (tertiary/aromatic N) is 2. The molecule has 1 heterocycles. The Kier molecular flexibility index (Phi) is 7.82. The Morgan fingerprint density at radius 3 is 1.33 bits per heavy atom. The molecule has 1 aliphatic heterocycles. The fourth-order valence-electron chi connectivity index (χ4n) is 8.74. The van der Waals surface area contributed by atoms with E-state index in [4.69, 9.17) is 4.74 Å². The van der Waals surface area contributed by atoms with Gasteiger partial charge in [0.15, 0.2) is 0 Å². The van der Waals surface area contributed by atoms with E-state index in [-0.39, 0.29) is 0 Å². The molecule has 0 atom stereocenters. The Balaban J connectivity index is 1.16. The molecular formula is C54H36N2O. The van der Waals surface area contributed by atoms with E-state index in [9.17, 15) is 0 Å². The zero-order valence-corrected chi connectivity index (χ0v) is 31.1. The molecule has 0 saturated heterocycles. The average Bonchev–Trinajstić information content (AvgIpc) is 3.28. The van der Waals surface area contributed by atoms with Crippen LogP contribution in [0.2, 0.25) is 0 Å². The third-order valence-corrected chi connectivity index (χ3v) is 11.2. The van der Waals surface area contributed by atoms with E-state index >= 15 is 0 Å². The second-order valence-corrected chi connectivity index (χ2v) is 14.5. The second kappa shape index (κ2) is 13.6. The van der Waals surface area contributed by atoms with E-state index in [2.05, 4.69) is 228 Å². The van der Waals surface area contributed by atoms with Gasteiger partial charge in [-0.05, 0) is 88.5 Å². The normalized spacial score (nSPS) is 11.6. The minimum absolute atomic E-state index is 0.835. The molecular weight excluding hydrogens is 693 g/mol. The lowest BCUT2D eigenvalue weighted by atomic mass is 9.86. The van der Waals surface area contributed by atoms with Gasteiger partial charge in [0, 0.05) is 67.4 Å². The molecule has 0 N–H and O–H groups in total. The van der Waals surface area contributed by atoms with Crippen molar-refractivity contribution in [3.05, 3.63) is 218 Å². The Morgan fingerprint density at radius 2 is 0.789 bits per heavy atom. The van der Waals surface area contributed by atoms with Crippen molar-refractivity contribution < 1.29 is 4.74 Å². The van der Waals surface area contributed by atoms with E-state index in [1.54, 1.807) is 0 Å². The first-order valence-electron chi connectivity index (χ1n) is 19.4. The van der Waals surface area contributed by atoms with Gasteiger partial charge in [-0.1, -0.05) is 146 Å². The molecule has 11 rings (SSSR count). The second-order valence-electron chi connectivity index (χ2n) is 14.5. The summed E-state index contributed by atoms with van der Waals surface area (Å²) < 4.78 is 7.27. The molecule has 10 aromatic carbocycles. The maximum atomic E-state index is 7.27. The van der Waals surface area contributed by atoms with Crippen LogP contribution in [0.25, 0.3) is 54.6 Å². The van der Waals surface area contributed by atoms with Crippen LogP contribution in [0.3, 0.4) is 0 Å². The topological polar surface area (TPSA) is 15.7 Å². The van der Waals surface area contributed by atoms with Gasteiger partial charge >= 0.3 is 0 Å². The van der Waals surface area contributed by atoms with Gasteiger partial charge in [-0.25, -0.2) is 0 Å². The van der Waals surface area contributed by atoms with Crippen LogP contribution >= 0.6 is 0 Å². The number of hydrogen-bond acceptors (Lipinski definition) is 3. The fourth-order valence-corrected chi connectivity index (χ4v) is 8.74. The summed E-state index contributed by atoms with van der Waals surface area (Å²) in [7, 11) is 0. The number of hydrogen-bond donors (Lipinski definition) is 0. The van der Waals surface area contributed by atoms with Crippen LogP contribution in [0.5, 0.6) is 11.5 Å². The largest absolute Gasteiger partial charge is 0.455 e. The van der Waals surface area contributed by atoms with Crippen molar-refractivity contribution in [1.82, 2.24) is 0 Å². The van der Waals surface area contributed by atoms with Crippen LogP contribution in [-0.4, -0.2) is 0 Å². The predicted molar refractivity (Wildman–Crippen MR) is 239 cm³/mol. The zero-order valence-electron chi connectivity index (χ0n) is 31.1. The highest BCUT2D eigenvalue weighted by Crippen LogP contribution is 2.55. The zero-order chi connectivity index (χ0) is 37.7. The Labute approximate surface area is 331 Å². The predicted octanol–water partition coefficient (Wildman–Crippen LogP) is 15.5. The Hall–Kier alpha value is -7.62. The first kappa shape index (κ1) is 32.8. The van der Waals surface area contributed by atoms with Crippen molar-refractivity contribution in [2.24, 2.45) is 0 Å². The van der Waals surface area contributed by atoms with Crippen LogP contribution in [0.4, 0.5) is 34.1 Å². The van der Waals surface area contributed by atoms with Crippen molar-refractivity contribution >= 4 is 66.4 Å². The highest BCUT2D eigenvalue weighted by atomic mass is 16.5. The summed E-state index contributed by atoms with van der Waals surface area (Å²) in [6.07, 6.45) is 0. The van der Waals surface area contributed by atoms with Crippen LogP contribution in [0.1, 0.15) is 0 Å². The molecule has 0 bridgehead atoms. The molecule has 1 aliphatic rings. The molecule has 0 radical (unpaired) electrons. The quantitative estimate of drug-likeness (QED) is 0.152. The highest BCUT2D eigenvalue weighted by Gasteiger charge is 2.28. The maximum Gasteiger partial charge on any atom is 0.143 e. The molecule has 0 spiro atoms. The molecule has 57 heavy (non-hydrogen) atoms. The molecule has 0 aromatic heterocycles. The minimum atomic E-state index is 0.835. The monoisotopic (exact) mass is 728 g/mol. The van der Waals surface area contributed by atoms with Crippen LogP contribution in [-0.2, 0) is 0 Å². The lowest BCUT2D eigenvalue weighted by Crippen LogP contribution is -2.11. The van der Waals surface area contributed by atoms with Gasteiger partial charge in [-0.15, -0.1) is 0 Å². The summed E-state index contributed by atoms with van der Waals surface area (Å²) in [5, 5.41) is 6.95. The van der Waals surface area contributed by atoms with E-state index < -0.39 is 0 Å². The van der Waals surface area contributed by atoms with Crippen molar-refractivity contribution in [1.29, 1.82) is 0 Å². The molecule has 0 fully saturated rings. The standard InChI is InChI=1S/C54H36N2O/c1-5-19-38(20-6-1)55(39-21-7-2-8-22-39)42-33-35-43-44-31-17-18-37-32-34-49(54(51(37)44)57-50(43)36-42)52-45-27-13-15-29-47(45)53(48-30-16-14-28-46(48)52)56(40-23-9-3-10-24-40)41-25-11-4-12-26-41/h1-36H. The van der Waals surface area contributed by atoms with Gasteiger partial charge in [0.2, 0.25) is 0 Å². The Morgan fingerprint density at radius 1 is 0.316 bits per heavy atom. The molecule has 10 aromatic rings. The SMILES string of the molecule is c1ccc(N(c2ccccc2)c2ccc3c(c2)Oc2c(-c4c5ccccc5c(N(c5ccccc5)c5ccccc5)c5ccccc45)ccc4cccc-3c24)cc1. The first-order chi connectivity index (χ1) is 28.3. The molecule has 0 amide bonds. The molecule has 3 nitrogen and oxygen atoms in total. The van der Waals surface area contributed by atoms with E-state index in [0.717, 1.165) is 73.1 Å². The van der Waals surface area contributed by atoms with Crippen molar-refractivity contribution in [3.8, 4) is 33.8 Å². The van der Waals surface area contributed by atoms with Gasteiger partial charge in [0.25, 0.3) is 0 Å². The lowest BCUT2D eigenvalue weighted by molar-refractivity contribution is 0.489. The summed E-state index contributed by atoms with van der Waals surface area (Å²) in [6, 6.07) is 77.8. The summed E-state index contributed by atoms with van der Waals surface area (Å²) in [5.74, 6) is 1.71. The molecule has 0 saturated carbocycles. The summed E-state index contributed by atoms with van der Waals surface area (Å²) in [4.78, 5) is 4.69. The smallest absolute Gasteiger partial charge is 0.143 e. The van der Waals surface area contributed by atoms with Gasteiger partial charge < -0.3 is 14.5 Å². The van der Waals surface area contributed by atoms with Crippen molar-refractivity contribution in [3.63, 3.8) is 0 Å². The van der Waals surface area contributed by atoms with E-state index in [0.29, 0.717) is 0 Å². The summed E-state index contributed by atoms with van der Waals surface area (Å²) in [5.41, 5.74) is 11.0. The number of para-hydroxylation sites is 4. The summed E-state index contributed by atoms with van der Waals surface area (Å²) >= 11 is 0. The van der Waals surface area contributed by atoms with Gasteiger partial charge in [-0.3, -0.25) is 0 Å². The molecule has 0 unspecified atom stereocenters. The third-order valence-electron chi connectivity index (χ3n) is 11.2. The maximum absolute atomic E-state index is 7.27. The number of rotatable bonds is 7. The number of anilines is 6. The molecule has 0 aliphatic carbocycles. The third kappa shape index (κ3) is 5.43. The van der Waals surface area contributed by atoms with Crippen LogP contribution in [0, 0.1) is 0 Å². The average molecular weight is 729 g/mol. The first-order valence-corrected chi connectivity index (χ1v) is 19.4. The minimum Gasteiger partial charge on any atom is -0.455 e. The fraction of sp³-hybridized carbons (Fsp3) is 0. The Bertz CT molecular complexity index is 2950. The van der Waals surface area contributed by atoms with E-state index in [1.165, 1.54) is 27.1 Å². The molecule has 3 heteroatoms. The van der Waals surface area contributed by atoms with Crippen LogP contribution < -0.4 is 14.5 Å².